The summed E-state index contributed by atoms with van der Waals surface area (Å²) in [5, 5.41) is 14.2. The van der Waals surface area contributed by atoms with Crippen molar-refractivity contribution in [2.24, 2.45) is 5.92 Å². The van der Waals surface area contributed by atoms with Gasteiger partial charge in [-0.25, -0.2) is 0 Å². The lowest BCUT2D eigenvalue weighted by molar-refractivity contribution is 0.0951. The number of aryl methyl sites for hydroxylation is 1. The van der Waals surface area contributed by atoms with Crippen LogP contribution in [0.2, 0.25) is 0 Å². The molecule has 1 aromatic heterocycles. The third-order valence-corrected chi connectivity index (χ3v) is 6.71. The Morgan fingerprint density at radius 2 is 1.97 bits per heavy atom. The minimum atomic E-state index is 0.0199. The summed E-state index contributed by atoms with van der Waals surface area (Å²) in [5.41, 5.74) is 4.07. The van der Waals surface area contributed by atoms with Gasteiger partial charge in [0.05, 0.1) is 6.20 Å². The molecule has 0 spiro atoms. The van der Waals surface area contributed by atoms with E-state index in [0.29, 0.717) is 18.0 Å². The fraction of sp³-hybridized carbons (Fsp3) is 0.423. The van der Waals surface area contributed by atoms with Crippen molar-refractivity contribution in [1.29, 1.82) is 0 Å². The highest BCUT2D eigenvalue weighted by atomic mass is 16.1. The maximum atomic E-state index is 12.5. The third kappa shape index (κ3) is 3.89. The molecule has 1 amide bonds. The Labute approximate surface area is 183 Å². The van der Waals surface area contributed by atoms with Crippen molar-refractivity contribution >= 4 is 22.5 Å². The second-order valence-electron chi connectivity index (χ2n) is 9.39. The maximum Gasteiger partial charge on any atom is 0.251 e. The van der Waals surface area contributed by atoms with E-state index in [-0.39, 0.29) is 5.91 Å². The molecule has 5 nitrogen and oxygen atoms in total. The molecule has 1 aliphatic carbocycles. The van der Waals surface area contributed by atoms with Crippen LogP contribution in [-0.4, -0.2) is 34.7 Å². The first-order valence-corrected chi connectivity index (χ1v) is 11.5. The molecule has 1 N–H and O–H groups in total. The third-order valence-electron chi connectivity index (χ3n) is 6.71. The van der Waals surface area contributed by atoms with E-state index in [1.807, 2.05) is 24.4 Å². The molecule has 31 heavy (non-hydrogen) atoms. The average Bonchev–Trinajstić information content (AvgIpc) is 3.44. The number of hydrogen-bond donors (Lipinski definition) is 1. The largest absolute Gasteiger partial charge is 0.351 e. The Morgan fingerprint density at radius 1 is 1.13 bits per heavy atom. The highest BCUT2D eigenvalue weighted by Crippen LogP contribution is 2.35. The van der Waals surface area contributed by atoms with Gasteiger partial charge in [-0.05, 0) is 79.5 Å². The topological polar surface area (TPSA) is 58.1 Å². The fourth-order valence-electron chi connectivity index (χ4n) is 4.77. The number of nitrogens with one attached hydrogen (secondary N) is 1. The summed E-state index contributed by atoms with van der Waals surface area (Å²) in [7, 11) is 0. The van der Waals surface area contributed by atoms with Crippen LogP contribution in [0.1, 0.15) is 55.5 Å². The van der Waals surface area contributed by atoms with Gasteiger partial charge in [-0.3, -0.25) is 4.79 Å². The second kappa shape index (κ2) is 7.95. The van der Waals surface area contributed by atoms with E-state index < -0.39 is 0 Å². The normalized spacial score (nSPS) is 18.7. The summed E-state index contributed by atoms with van der Waals surface area (Å²) in [5.74, 6) is 1.60. The van der Waals surface area contributed by atoms with Gasteiger partial charge in [0, 0.05) is 35.0 Å². The average molecular weight is 415 g/mol. The zero-order valence-electron chi connectivity index (χ0n) is 18.6. The fourth-order valence-corrected chi connectivity index (χ4v) is 4.77. The van der Waals surface area contributed by atoms with E-state index in [1.165, 1.54) is 12.8 Å². The maximum absolute atomic E-state index is 12.5. The van der Waals surface area contributed by atoms with Crippen molar-refractivity contribution in [3.8, 4) is 11.1 Å². The Kier molecular flexibility index (Phi) is 5.12. The standard InChI is InChI=1S/C26H30N4O/c1-16(2)24-5-4-12-30(24)25-22-11-8-18(13-20(22)15-27-29-25)23-14-19(7-6-17(23)3)26(31)28-21-9-10-21/h6-8,11,13-16,21,24H,4-5,9-10,12H2,1-3H3,(H,28,31). The molecule has 2 fully saturated rings. The Balaban J connectivity index is 1.51. The molecule has 1 atom stereocenters. The Morgan fingerprint density at radius 3 is 2.74 bits per heavy atom. The monoisotopic (exact) mass is 414 g/mol. The summed E-state index contributed by atoms with van der Waals surface area (Å²) in [6, 6.07) is 13.3. The van der Waals surface area contributed by atoms with Crippen molar-refractivity contribution in [2.45, 2.75) is 58.5 Å². The van der Waals surface area contributed by atoms with Gasteiger partial charge in [-0.2, -0.15) is 5.10 Å². The van der Waals surface area contributed by atoms with Crippen molar-refractivity contribution < 1.29 is 4.79 Å². The van der Waals surface area contributed by atoms with Gasteiger partial charge < -0.3 is 10.2 Å². The number of rotatable bonds is 5. The number of fused-ring (bicyclic) bond motifs is 1. The first-order chi connectivity index (χ1) is 15.0. The lowest BCUT2D eigenvalue weighted by atomic mass is 9.96. The molecule has 1 saturated carbocycles. The quantitative estimate of drug-likeness (QED) is 0.629. The summed E-state index contributed by atoms with van der Waals surface area (Å²) in [4.78, 5) is 15.0. The highest BCUT2D eigenvalue weighted by Gasteiger charge is 2.29. The van der Waals surface area contributed by atoms with Crippen LogP contribution in [0, 0.1) is 12.8 Å². The van der Waals surface area contributed by atoms with E-state index in [1.54, 1.807) is 0 Å². The summed E-state index contributed by atoms with van der Waals surface area (Å²) in [6.45, 7) is 7.70. The number of benzene rings is 2. The van der Waals surface area contributed by atoms with Gasteiger partial charge in [0.2, 0.25) is 0 Å². The second-order valence-corrected chi connectivity index (χ2v) is 9.39. The molecule has 0 bridgehead atoms. The van der Waals surface area contributed by atoms with Crippen molar-refractivity contribution in [2.75, 3.05) is 11.4 Å². The molecular weight excluding hydrogens is 384 g/mol. The number of amides is 1. The zero-order valence-corrected chi connectivity index (χ0v) is 18.6. The van der Waals surface area contributed by atoms with Gasteiger partial charge in [-0.1, -0.05) is 26.0 Å². The van der Waals surface area contributed by atoms with Gasteiger partial charge in [0.25, 0.3) is 5.91 Å². The van der Waals surface area contributed by atoms with Crippen molar-refractivity contribution in [3.63, 3.8) is 0 Å². The molecular formula is C26H30N4O. The van der Waals surface area contributed by atoms with Gasteiger partial charge in [0.15, 0.2) is 5.82 Å². The van der Waals surface area contributed by atoms with E-state index >= 15 is 0 Å². The number of aromatic nitrogens is 2. The first kappa shape index (κ1) is 20.0. The molecule has 2 aromatic carbocycles. The van der Waals surface area contributed by atoms with Crippen LogP contribution in [0.15, 0.2) is 42.6 Å². The number of carbonyl (C=O) groups excluding carboxylic acids is 1. The van der Waals surface area contributed by atoms with Crippen LogP contribution in [-0.2, 0) is 0 Å². The van der Waals surface area contributed by atoms with Crippen LogP contribution in [0.3, 0.4) is 0 Å². The van der Waals surface area contributed by atoms with Crippen LogP contribution < -0.4 is 10.2 Å². The predicted molar refractivity (Wildman–Crippen MR) is 125 cm³/mol. The lowest BCUT2D eigenvalue weighted by Crippen LogP contribution is -2.34. The van der Waals surface area contributed by atoms with E-state index in [2.05, 4.69) is 59.4 Å². The molecule has 5 heteroatoms. The van der Waals surface area contributed by atoms with Crippen LogP contribution in [0.5, 0.6) is 0 Å². The van der Waals surface area contributed by atoms with Crippen molar-refractivity contribution in [3.05, 3.63) is 53.7 Å². The van der Waals surface area contributed by atoms with Crippen molar-refractivity contribution in [1.82, 2.24) is 15.5 Å². The van der Waals surface area contributed by atoms with Gasteiger partial charge in [0.1, 0.15) is 0 Å². The molecule has 0 radical (unpaired) electrons. The smallest absolute Gasteiger partial charge is 0.251 e. The number of nitrogens with zero attached hydrogens (tertiary/aromatic N) is 3. The lowest BCUT2D eigenvalue weighted by Gasteiger charge is -2.29. The Hall–Kier alpha value is -2.95. The minimum Gasteiger partial charge on any atom is -0.351 e. The van der Waals surface area contributed by atoms with Gasteiger partial charge in [-0.15, -0.1) is 5.10 Å². The van der Waals surface area contributed by atoms with Crippen LogP contribution in [0.25, 0.3) is 21.9 Å². The molecule has 160 valence electrons. The number of hydrogen-bond acceptors (Lipinski definition) is 4. The van der Waals surface area contributed by atoms with E-state index in [0.717, 1.165) is 58.2 Å². The summed E-state index contributed by atoms with van der Waals surface area (Å²) in [6.07, 6.45) is 6.44. The molecule has 5 rings (SSSR count). The highest BCUT2D eigenvalue weighted by molar-refractivity contribution is 5.98. The summed E-state index contributed by atoms with van der Waals surface area (Å²) < 4.78 is 0. The SMILES string of the molecule is Cc1ccc(C(=O)NC2CC2)cc1-c1ccc2c(N3CCCC3C(C)C)nncc2c1. The molecule has 2 aliphatic rings. The summed E-state index contributed by atoms with van der Waals surface area (Å²) >= 11 is 0. The Bertz CT molecular complexity index is 1140. The number of carbonyl (C=O) groups is 1. The first-order valence-electron chi connectivity index (χ1n) is 11.5. The number of anilines is 1. The van der Waals surface area contributed by atoms with Crippen LogP contribution >= 0.6 is 0 Å². The van der Waals surface area contributed by atoms with Crippen LogP contribution in [0.4, 0.5) is 5.82 Å². The molecule has 1 aliphatic heterocycles. The molecule has 1 saturated heterocycles. The zero-order chi connectivity index (χ0) is 21.5. The molecule has 2 heterocycles. The molecule has 3 aromatic rings. The predicted octanol–water partition coefficient (Wildman–Crippen LogP) is 5.12. The van der Waals surface area contributed by atoms with E-state index in [9.17, 15) is 4.79 Å². The van der Waals surface area contributed by atoms with Gasteiger partial charge >= 0.3 is 0 Å². The van der Waals surface area contributed by atoms with E-state index in [4.69, 9.17) is 0 Å². The minimum absolute atomic E-state index is 0.0199. The molecule has 1 unspecified atom stereocenters.